The molecule has 1 unspecified atom stereocenters. The van der Waals surface area contributed by atoms with Crippen molar-refractivity contribution in [2.45, 2.75) is 32.2 Å². The molecule has 5 heteroatoms. The largest absolute Gasteiger partial charge is 0.481 e. The molecule has 2 rings (SSSR count). The highest BCUT2D eigenvalue weighted by atomic mass is 16.4. The van der Waals surface area contributed by atoms with Crippen molar-refractivity contribution in [1.29, 1.82) is 0 Å². The molecule has 0 radical (unpaired) electrons. The summed E-state index contributed by atoms with van der Waals surface area (Å²) < 4.78 is 0. The molecule has 1 fully saturated rings. The number of rotatable bonds is 3. The van der Waals surface area contributed by atoms with Crippen molar-refractivity contribution >= 4 is 11.8 Å². The summed E-state index contributed by atoms with van der Waals surface area (Å²) in [6, 6.07) is 1.92. The molecule has 1 N–H and O–H groups in total. The van der Waals surface area contributed by atoms with Crippen LogP contribution in [0.15, 0.2) is 12.3 Å². The van der Waals surface area contributed by atoms with Gasteiger partial charge < -0.3 is 10.0 Å². The summed E-state index contributed by atoms with van der Waals surface area (Å²) in [5.74, 6) is 0.817. The molecule has 0 amide bonds. The molecule has 0 spiro atoms. The van der Waals surface area contributed by atoms with Crippen LogP contribution in [0.5, 0.6) is 0 Å². The van der Waals surface area contributed by atoms with Crippen LogP contribution in [0.4, 0.5) is 5.82 Å². The SMILES string of the molecule is Cc1nccc(N2CCCC2CC(=O)O)n1. The molecule has 1 aliphatic rings. The topological polar surface area (TPSA) is 66.3 Å². The summed E-state index contributed by atoms with van der Waals surface area (Å²) in [5, 5.41) is 8.83. The maximum atomic E-state index is 10.7. The van der Waals surface area contributed by atoms with Crippen molar-refractivity contribution < 1.29 is 9.90 Å². The Balaban J connectivity index is 2.16. The maximum absolute atomic E-state index is 10.7. The fourth-order valence-electron chi connectivity index (χ4n) is 2.15. The molecule has 1 aromatic rings. The number of aliphatic carboxylic acids is 1. The van der Waals surface area contributed by atoms with E-state index in [9.17, 15) is 4.79 Å². The Morgan fingerprint density at radius 2 is 2.50 bits per heavy atom. The number of hydrogen-bond acceptors (Lipinski definition) is 4. The van der Waals surface area contributed by atoms with Gasteiger partial charge in [-0.25, -0.2) is 9.97 Å². The van der Waals surface area contributed by atoms with E-state index in [-0.39, 0.29) is 12.5 Å². The van der Waals surface area contributed by atoms with Gasteiger partial charge in [-0.15, -0.1) is 0 Å². The first-order valence-electron chi connectivity index (χ1n) is 5.45. The predicted octanol–water partition coefficient (Wildman–Crippen LogP) is 1.23. The Morgan fingerprint density at radius 3 is 3.19 bits per heavy atom. The molecule has 0 aromatic carbocycles. The third-order valence-electron chi connectivity index (χ3n) is 2.84. The zero-order valence-electron chi connectivity index (χ0n) is 9.26. The van der Waals surface area contributed by atoms with Crippen molar-refractivity contribution in [1.82, 2.24) is 9.97 Å². The summed E-state index contributed by atoms with van der Waals surface area (Å²) in [6.07, 6.45) is 3.85. The van der Waals surface area contributed by atoms with Gasteiger partial charge in [-0.2, -0.15) is 0 Å². The summed E-state index contributed by atoms with van der Waals surface area (Å²) in [7, 11) is 0. The molecule has 5 nitrogen and oxygen atoms in total. The Morgan fingerprint density at radius 1 is 1.69 bits per heavy atom. The number of carboxylic acid groups (broad SMARTS) is 1. The highest BCUT2D eigenvalue weighted by Gasteiger charge is 2.27. The number of aryl methyl sites for hydroxylation is 1. The fraction of sp³-hybridized carbons (Fsp3) is 0.545. The lowest BCUT2D eigenvalue weighted by atomic mass is 10.1. The predicted molar refractivity (Wildman–Crippen MR) is 59.4 cm³/mol. The minimum atomic E-state index is -0.748. The highest BCUT2D eigenvalue weighted by molar-refractivity contribution is 5.68. The molecular weight excluding hydrogens is 206 g/mol. The number of nitrogens with zero attached hydrogens (tertiary/aromatic N) is 3. The van der Waals surface area contributed by atoms with Crippen molar-refractivity contribution in [3.63, 3.8) is 0 Å². The summed E-state index contributed by atoms with van der Waals surface area (Å²) in [4.78, 5) is 21.2. The van der Waals surface area contributed by atoms with E-state index < -0.39 is 5.97 Å². The molecule has 1 saturated heterocycles. The Kier molecular flexibility index (Phi) is 3.03. The van der Waals surface area contributed by atoms with E-state index in [2.05, 4.69) is 14.9 Å². The molecule has 1 aromatic heterocycles. The molecule has 0 aliphatic carbocycles. The minimum Gasteiger partial charge on any atom is -0.481 e. The second kappa shape index (κ2) is 4.47. The summed E-state index contributed by atoms with van der Waals surface area (Å²) in [6.45, 7) is 2.72. The lowest BCUT2D eigenvalue weighted by Crippen LogP contribution is -2.32. The monoisotopic (exact) mass is 221 g/mol. The van der Waals surface area contributed by atoms with Crippen molar-refractivity contribution in [2.24, 2.45) is 0 Å². The van der Waals surface area contributed by atoms with Crippen LogP contribution < -0.4 is 4.90 Å². The zero-order valence-corrected chi connectivity index (χ0v) is 9.26. The first-order valence-corrected chi connectivity index (χ1v) is 5.45. The number of hydrogen-bond donors (Lipinski definition) is 1. The Hall–Kier alpha value is -1.65. The number of aromatic nitrogens is 2. The van der Waals surface area contributed by atoms with E-state index in [0.29, 0.717) is 0 Å². The van der Waals surface area contributed by atoms with Crippen LogP contribution in [-0.2, 0) is 4.79 Å². The van der Waals surface area contributed by atoms with Crippen molar-refractivity contribution in [3.05, 3.63) is 18.1 Å². The van der Waals surface area contributed by atoms with Crippen LogP contribution in [0.3, 0.4) is 0 Å². The molecule has 0 saturated carbocycles. The van der Waals surface area contributed by atoms with Gasteiger partial charge in [0.2, 0.25) is 0 Å². The van der Waals surface area contributed by atoms with E-state index in [1.54, 1.807) is 6.20 Å². The fourth-order valence-corrected chi connectivity index (χ4v) is 2.15. The van der Waals surface area contributed by atoms with Crippen LogP contribution in [0.25, 0.3) is 0 Å². The van der Waals surface area contributed by atoms with Crippen molar-refractivity contribution in [3.8, 4) is 0 Å². The third-order valence-corrected chi connectivity index (χ3v) is 2.84. The molecule has 86 valence electrons. The van der Waals surface area contributed by atoms with Crippen LogP contribution in [-0.4, -0.2) is 33.6 Å². The molecule has 1 atom stereocenters. The molecule has 1 aliphatic heterocycles. The van der Waals surface area contributed by atoms with Gasteiger partial charge in [-0.05, 0) is 25.8 Å². The smallest absolute Gasteiger partial charge is 0.305 e. The second-order valence-corrected chi connectivity index (χ2v) is 4.05. The highest BCUT2D eigenvalue weighted by Crippen LogP contribution is 2.25. The molecule has 16 heavy (non-hydrogen) atoms. The van der Waals surface area contributed by atoms with E-state index >= 15 is 0 Å². The lowest BCUT2D eigenvalue weighted by Gasteiger charge is -2.24. The van der Waals surface area contributed by atoms with Gasteiger partial charge in [0.05, 0.1) is 6.42 Å². The maximum Gasteiger partial charge on any atom is 0.305 e. The quantitative estimate of drug-likeness (QED) is 0.831. The van der Waals surface area contributed by atoms with Gasteiger partial charge in [-0.1, -0.05) is 0 Å². The van der Waals surface area contributed by atoms with Crippen molar-refractivity contribution in [2.75, 3.05) is 11.4 Å². The third kappa shape index (κ3) is 2.29. The zero-order chi connectivity index (χ0) is 11.5. The molecule has 2 heterocycles. The number of anilines is 1. The Bertz CT molecular complexity index is 395. The summed E-state index contributed by atoms with van der Waals surface area (Å²) in [5.41, 5.74) is 0. The van der Waals surface area contributed by atoms with Crippen LogP contribution in [0, 0.1) is 6.92 Å². The second-order valence-electron chi connectivity index (χ2n) is 4.05. The van der Waals surface area contributed by atoms with Gasteiger partial charge in [0.25, 0.3) is 0 Å². The standard InChI is InChI=1S/C11H15N3O2/c1-8-12-5-4-10(13-8)14-6-2-3-9(14)7-11(15)16/h4-5,9H,2-3,6-7H2,1H3,(H,15,16). The Labute approximate surface area is 94.1 Å². The first kappa shape index (κ1) is 10.9. The average Bonchev–Trinajstić information content (AvgIpc) is 2.65. The summed E-state index contributed by atoms with van der Waals surface area (Å²) >= 11 is 0. The van der Waals surface area contributed by atoms with Crippen LogP contribution in [0.2, 0.25) is 0 Å². The first-order chi connectivity index (χ1) is 7.66. The van der Waals surface area contributed by atoms with E-state index in [1.807, 2.05) is 13.0 Å². The molecular formula is C11H15N3O2. The minimum absolute atomic E-state index is 0.0757. The van der Waals surface area contributed by atoms with E-state index in [4.69, 9.17) is 5.11 Å². The van der Waals surface area contributed by atoms with Gasteiger partial charge in [0, 0.05) is 18.8 Å². The lowest BCUT2D eigenvalue weighted by molar-refractivity contribution is -0.137. The number of carbonyl (C=O) groups is 1. The van der Waals surface area contributed by atoms with E-state index in [0.717, 1.165) is 31.0 Å². The van der Waals surface area contributed by atoms with Gasteiger partial charge in [0.1, 0.15) is 11.6 Å². The average molecular weight is 221 g/mol. The van der Waals surface area contributed by atoms with Crippen LogP contribution in [0.1, 0.15) is 25.1 Å². The number of carboxylic acids is 1. The molecule has 0 bridgehead atoms. The normalized spacial score (nSPS) is 20.1. The van der Waals surface area contributed by atoms with Gasteiger partial charge in [0.15, 0.2) is 0 Å². The van der Waals surface area contributed by atoms with E-state index in [1.165, 1.54) is 0 Å². The van der Waals surface area contributed by atoms with Gasteiger partial charge in [-0.3, -0.25) is 4.79 Å². The van der Waals surface area contributed by atoms with Gasteiger partial charge >= 0.3 is 5.97 Å². The van der Waals surface area contributed by atoms with Crippen LogP contribution >= 0.6 is 0 Å².